The number of aromatic nitrogens is 1. The molecule has 0 spiro atoms. The van der Waals surface area contributed by atoms with Crippen molar-refractivity contribution >= 4 is 17.0 Å². The van der Waals surface area contributed by atoms with E-state index in [0.717, 1.165) is 11.3 Å². The number of hydrogen-bond acceptors (Lipinski definition) is 3. The van der Waals surface area contributed by atoms with E-state index in [2.05, 4.69) is 0 Å². The molecule has 1 aromatic carbocycles. The molecule has 1 saturated heterocycles. The Hall–Kier alpha value is -2.60. The van der Waals surface area contributed by atoms with Crippen molar-refractivity contribution in [3.8, 4) is 0 Å². The van der Waals surface area contributed by atoms with Gasteiger partial charge in [0.2, 0.25) is 0 Å². The van der Waals surface area contributed by atoms with Crippen LogP contribution in [-0.4, -0.2) is 41.7 Å². The maximum atomic E-state index is 14.1. The van der Waals surface area contributed by atoms with Gasteiger partial charge in [-0.05, 0) is 13.0 Å². The number of halogens is 1. The largest absolute Gasteiger partial charge is 0.460 e. The molecule has 1 aliphatic rings. The van der Waals surface area contributed by atoms with Gasteiger partial charge < -0.3 is 18.6 Å². The van der Waals surface area contributed by atoms with E-state index in [1.54, 1.807) is 29.2 Å². The molecule has 0 bridgehead atoms. The molecule has 2 aromatic heterocycles. The summed E-state index contributed by atoms with van der Waals surface area (Å²) < 4.78 is 27.0. The average Bonchev–Trinajstić information content (AvgIpc) is 3.14. The highest BCUT2D eigenvalue weighted by Gasteiger charge is 2.25. The quantitative estimate of drug-likeness (QED) is 0.734. The first-order valence-electron chi connectivity index (χ1n) is 8.33. The Balaban J connectivity index is 1.77. The number of amides is 1. The van der Waals surface area contributed by atoms with Crippen LogP contribution in [0.4, 0.5) is 4.39 Å². The van der Waals surface area contributed by atoms with Crippen molar-refractivity contribution in [3.05, 3.63) is 59.2 Å². The first-order chi connectivity index (χ1) is 12.1. The fourth-order valence-electron chi connectivity index (χ4n) is 3.24. The zero-order valence-corrected chi connectivity index (χ0v) is 14.0. The number of benzene rings is 1. The number of rotatable bonds is 3. The van der Waals surface area contributed by atoms with Gasteiger partial charge in [-0.2, -0.15) is 0 Å². The van der Waals surface area contributed by atoms with Crippen molar-refractivity contribution in [1.29, 1.82) is 0 Å². The molecule has 1 fully saturated rings. The molecule has 5 nitrogen and oxygen atoms in total. The van der Waals surface area contributed by atoms with Crippen LogP contribution in [0, 0.1) is 12.7 Å². The fraction of sp³-hybridized carbons (Fsp3) is 0.316. The van der Waals surface area contributed by atoms with E-state index >= 15 is 0 Å². The number of ether oxygens (including phenoxy) is 1. The summed E-state index contributed by atoms with van der Waals surface area (Å²) in [4.78, 5) is 14.7. The van der Waals surface area contributed by atoms with Crippen LogP contribution in [0.15, 0.2) is 40.8 Å². The standard InChI is InChI=1S/C19H19FN2O3/c1-13-10-16-18(25-13)11-17(19(23)21-6-8-24-9-7-21)22(16)12-14-4-2-3-5-15(14)20/h2-5,10-11H,6-9,12H2,1H3. The zero-order chi connectivity index (χ0) is 17.4. The first-order valence-corrected chi connectivity index (χ1v) is 8.33. The minimum absolute atomic E-state index is 0.0799. The molecule has 1 aliphatic heterocycles. The van der Waals surface area contributed by atoms with Gasteiger partial charge in [-0.1, -0.05) is 18.2 Å². The highest BCUT2D eigenvalue weighted by molar-refractivity contribution is 5.97. The van der Waals surface area contributed by atoms with Crippen LogP contribution in [0.2, 0.25) is 0 Å². The highest BCUT2D eigenvalue weighted by atomic mass is 19.1. The number of carbonyl (C=O) groups is 1. The minimum atomic E-state index is -0.283. The predicted octanol–water partition coefficient (Wildman–Crippen LogP) is 3.20. The molecule has 1 amide bonds. The monoisotopic (exact) mass is 342 g/mol. The lowest BCUT2D eigenvalue weighted by Gasteiger charge is -2.27. The third-order valence-electron chi connectivity index (χ3n) is 4.52. The second-order valence-electron chi connectivity index (χ2n) is 6.22. The first kappa shape index (κ1) is 15.9. The molecule has 0 atom stereocenters. The average molecular weight is 342 g/mol. The van der Waals surface area contributed by atoms with Gasteiger partial charge in [0.05, 0.1) is 25.3 Å². The van der Waals surface area contributed by atoms with Gasteiger partial charge in [-0.25, -0.2) is 4.39 Å². The van der Waals surface area contributed by atoms with Crippen molar-refractivity contribution in [1.82, 2.24) is 9.47 Å². The van der Waals surface area contributed by atoms with Gasteiger partial charge in [0.1, 0.15) is 17.3 Å². The van der Waals surface area contributed by atoms with E-state index in [4.69, 9.17) is 9.15 Å². The fourth-order valence-corrected chi connectivity index (χ4v) is 3.24. The number of hydrogen-bond donors (Lipinski definition) is 0. The Bertz CT molecular complexity index is 922. The molecule has 0 aliphatic carbocycles. The van der Waals surface area contributed by atoms with Gasteiger partial charge in [0.25, 0.3) is 5.91 Å². The van der Waals surface area contributed by atoms with Gasteiger partial charge in [-0.15, -0.1) is 0 Å². The van der Waals surface area contributed by atoms with Crippen LogP contribution in [0.1, 0.15) is 21.8 Å². The van der Waals surface area contributed by atoms with Crippen molar-refractivity contribution in [2.75, 3.05) is 26.3 Å². The zero-order valence-electron chi connectivity index (χ0n) is 14.0. The molecule has 0 radical (unpaired) electrons. The number of morpholine rings is 1. The van der Waals surface area contributed by atoms with E-state index in [9.17, 15) is 9.18 Å². The van der Waals surface area contributed by atoms with E-state index < -0.39 is 0 Å². The summed E-state index contributed by atoms with van der Waals surface area (Å²) in [6.07, 6.45) is 0. The Morgan fingerprint density at radius 1 is 1.20 bits per heavy atom. The van der Waals surface area contributed by atoms with Crippen LogP contribution in [0.3, 0.4) is 0 Å². The van der Waals surface area contributed by atoms with Gasteiger partial charge in [0, 0.05) is 30.8 Å². The van der Waals surface area contributed by atoms with Gasteiger partial charge >= 0.3 is 0 Å². The molecule has 130 valence electrons. The van der Waals surface area contributed by atoms with Gasteiger partial charge in [0.15, 0.2) is 5.58 Å². The van der Waals surface area contributed by atoms with Gasteiger partial charge in [-0.3, -0.25) is 4.79 Å². The topological polar surface area (TPSA) is 47.6 Å². The van der Waals surface area contributed by atoms with Crippen LogP contribution < -0.4 is 0 Å². The number of aryl methyl sites for hydroxylation is 1. The van der Waals surface area contributed by atoms with Crippen LogP contribution in [-0.2, 0) is 11.3 Å². The minimum Gasteiger partial charge on any atom is -0.460 e. The van der Waals surface area contributed by atoms with Crippen molar-refractivity contribution in [2.45, 2.75) is 13.5 Å². The lowest BCUT2D eigenvalue weighted by Crippen LogP contribution is -2.41. The predicted molar refractivity (Wildman–Crippen MR) is 91.2 cm³/mol. The van der Waals surface area contributed by atoms with E-state index in [1.807, 2.05) is 17.6 Å². The molecule has 0 saturated carbocycles. The van der Waals surface area contributed by atoms with Crippen molar-refractivity contribution < 1.29 is 18.3 Å². The highest BCUT2D eigenvalue weighted by Crippen LogP contribution is 2.26. The molecule has 6 heteroatoms. The number of nitrogens with zero attached hydrogens (tertiary/aromatic N) is 2. The molecular formula is C19H19FN2O3. The van der Waals surface area contributed by atoms with Crippen LogP contribution >= 0.6 is 0 Å². The Labute approximate surface area is 144 Å². The van der Waals surface area contributed by atoms with Crippen LogP contribution in [0.5, 0.6) is 0 Å². The summed E-state index contributed by atoms with van der Waals surface area (Å²) in [5, 5.41) is 0. The van der Waals surface area contributed by atoms with E-state index in [-0.39, 0.29) is 18.3 Å². The smallest absolute Gasteiger partial charge is 0.270 e. The molecule has 4 rings (SSSR count). The second-order valence-corrected chi connectivity index (χ2v) is 6.22. The summed E-state index contributed by atoms with van der Waals surface area (Å²) in [7, 11) is 0. The SMILES string of the molecule is Cc1cc2c(cc(C(=O)N3CCOCC3)n2Cc2ccccc2F)o1. The summed E-state index contributed by atoms with van der Waals surface area (Å²) in [6, 6.07) is 10.2. The molecule has 25 heavy (non-hydrogen) atoms. The molecular weight excluding hydrogens is 323 g/mol. The summed E-state index contributed by atoms with van der Waals surface area (Å²) in [5.41, 5.74) is 2.50. The molecule has 3 aromatic rings. The van der Waals surface area contributed by atoms with E-state index in [0.29, 0.717) is 43.1 Å². The van der Waals surface area contributed by atoms with E-state index in [1.165, 1.54) is 6.07 Å². The summed E-state index contributed by atoms with van der Waals surface area (Å²) >= 11 is 0. The Morgan fingerprint density at radius 2 is 1.96 bits per heavy atom. The number of carbonyl (C=O) groups excluding carboxylic acids is 1. The summed E-state index contributed by atoms with van der Waals surface area (Å²) in [5.74, 6) is 0.399. The molecule has 0 unspecified atom stereocenters. The molecule has 3 heterocycles. The maximum absolute atomic E-state index is 14.1. The number of furan rings is 1. The second kappa shape index (κ2) is 6.37. The maximum Gasteiger partial charge on any atom is 0.270 e. The lowest BCUT2D eigenvalue weighted by molar-refractivity contribution is 0.0296. The van der Waals surface area contributed by atoms with Crippen molar-refractivity contribution in [2.24, 2.45) is 0 Å². The van der Waals surface area contributed by atoms with Crippen molar-refractivity contribution in [3.63, 3.8) is 0 Å². The van der Waals surface area contributed by atoms with Crippen LogP contribution in [0.25, 0.3) is 11.1 Å². The lowest BCUT2D eigenvalue weighted by atomic mass is 10.2. The normalized spacial score (nSPS) is 15.0. The third-order valence-corrected chi connectivity index (χ3v) is 4.52. The Morgan fingerprint density at radius 3 is 2.72 bits per heavy atom. The molecule has 0 N–H and O–H groups in total. The number of fused-ring (bicyclic) bond motifs is 1. The summed E-state index contributed by atoms with van der Waals surface area (Å²) in [6.45, 7) is 4.33. The third kappa shape index (κ3) is 2.93. The Kier molecular flexibility index (Phi) is 4.05.